The highest BCUT2D eigenvalue weighted by Gasteiger charge is 2.26. The van der Waals surface area contributed by atoms with E-state index < -0.39 is 5.97 Å². The van der Waals surface area contributed by atoms with E-state index in [1.165, 1.54) is 5.56 Å². The third-order valence-corrected chi connectivity index (χ3v) is 3.41. The number of nitrogens with zero attached hydrogens (tertiary/aromatic N) is 1. The summed E-state index contributed by atoms with van der Waals surface area (Å²) in [7, 11) is 0. The molecule has 0 aromatic heterocycles. The number of hydrogen-bond acceptors (Lipinski definition) is 2. The average Bonchev–Trinajstić information content (AvgIpc) is 2.36. The van der Waals surface area contributed by atoms with Gasteiger partial charge in [0, 0.05) is 18.5 Å². The summed E-state index contributed by atoms with van der Waals surface area (Å²) < 4.78 is 0. The largest absolute Gasteiger partial charge is 0.481 e. The quantitative estimate of drug-likeness (QED) is 0.876. The van der Waals surface area contributed by atoms with Crippen LogP contribution in [0.3, 0.4) is 0 Å². The molecule has 1 aromatic carbocycles. The van der Waals surface area contributed by atoms with Crippen molar-refractivity contribution < 1.29 is 14.7 Å². The van der Waals surface area contributed by atoms with Gasteiger partial charge in [-0.25, -0.2) is 0 Å². The van der Waals surface area contributed by atoms with Crippen LogP contribution in [-0.2, 0) is 16.0 Å². The van der Waals surface area contributed by atoms with Gasteiger partial charge in [-0.3, -0.25) is 9.59 Å². The predicted molar refractivity (Wildman–Crippen MR) is 83.2 cm³/mol. The van der Waals surface area contributed by atoms with E-state index in [-0.39, 0.29) is 24.4 Å². The van der Waals surface area contributed by atoms with Crippen molar-refractivity contribution in [1.29, 1.82) is 0 Å². The van der Waals surface area contributed by atoms with Crippen LogP contribution in [0.4, 0.5) is 0 Å². The van der Waals surface area contributed by atoms with Crippen molar-refractivity contribution in [3.05, 3.63) is 35.4 Å². The molecule has 0 saturated heterocycles. The van der Waals surface area contributed by atoms with Crippen molar-refractivity contribution in [2.45, 2.75) is 52.5 Å². The number of benzene rings is 1. The summed E-state index contributed by atoms with van der Waals surface area (Å²) >= 11 is 0. The molecule has 1 rings (SSSR count). The zero-order chi connectivity index (χ0) is 16.0. The van der Waals surface area contributed by atoms with Gasteiger partial charge in [0.15, 0.2) is 0 Å². The minimum atomic E-state index is -0.879. The van der Waals surface area contributed by atoms with Crippen LogP contribution in [0.15, 0.2) is 24.3 Å². The number of carboxylic acid groups (broad SMARTS) is 1. The van der Waals surface area contributed by atoms with Crippen LogP contribution in [0.5, 0.6) is 0 Å². The van der Waals surface area contributed by atoms with Gasteiger partial charge in [0.25, 0.3) is 0 Å². The normalized spacial score (nSPS) is 11.2. The molecule has 0 aliphatic carbocycles. The molecule has 4 nitrogen and oxygen atoms in total. The van der Waals surface area contributed by atoms with E-state index in [0.717, 1.165) is 5.56 Å². The fourth-order valence-corrected chi connectivity index (χ4v) is 2.18. The molecule has 0 saturated carbocycles. The van der Waals surface area contributed by atoms with Crippen LogP contribution in [0.1, 0.15) is 44.7 Å². The Hall–Kier alpha value is -1.84. The van der Waals surface area contributed by atoms with Crippen molar-refractivity contribution >= 4 is 11.9 Å². The fourth-order valence-electron chi connectivity index (χ4n) is 2.18. The van der Waals surface area contributed by atoms with Gasteiger partial charge in [-0.2, -0.15) is 0 Å². The smallest absolute Gasteiger partial charge is 0.305 e. The number of carbonyl (C=O) groups is 2. The van der Waals surface area contributed by atoms with E-state index >= 15 is 0 Å². The molecule has 0 aliphatic heterocycles. The lowest BCUT2D eigenvalue weighted by Crippen LogP contribution is -2.46. The van der Waals surface area contributed by atoms with Gasteiger partial charge in [0.2, 0.25) is 5.91 Å². The summed E-state index contributed by atoms with van der Waals surface area (Å²) in [6.07, 6.45) is 1.06. The second-order valence-electron chi connectivity index (χ2n) is 6.35. The molecule has 0 spiro atoms. The Morgan fingerprint density at radius 2 is 1.67 bits per heavy atom. The minimum Gasteiger partial charge on any atom is -0.481 e. The monoisotopic (exact) mass is 291 g/mol. The molecule has 0 fully saturated rings. The molecule has 1 amide bonds. The Bertz CT molecular complexity index is 486. The van der Waals surface area contributed by atoms with Crippen molar-refractivity contribution in [3.63, 3.8) is 0 Å². The highest BCUT2D eigenvalue weighted by molar-refractivity contribution is 5.78. The van der Waals surface area contributed by atoms with Gasteiger partial charge in [0.1, 0.15) is 0 Å². The SMILES string of the molecule is Cc1ccc(CCC(=O)N(CCC(=O)O)C(C)(C)C)cc1. The minimum absolute atomic E-state index is 0.00400. The fraction of sp³-hybridized carbons (Fsp3) is 0.529. The van der Waals surface area contributed by atoms with Crippen LogP contribution in [0.25, 0.3) is 0 Å². The first kappa shape index (κ1) is 17.2. The van der Waals surface area contributed by atoms with Crippen LogP contribution >= 0.6 is 0 Å². The third-order valence-electron chi connectivity index (χ3n) is 3.41. The predicted octanol–water partition coefficient (Wildman–Crippen LogP) is 3.03. The van der Waals surface area contributed by atoms with E-state index in [4.69, 9.17) is 5.11 Å². The van der Waals surface area contributed by atoms with E-state index in [1.807, 2.05) is 52.0 Å². The Kier molecular flexibility index (Phi) is 5.94. The highest BCUT2D eigenvalue weighted by Crippen LogP contribution is 2.16. The second kappa shape index (κ2) is 7.25. The molecule has 0 heterocycles. The van der Waals surface area contributed by atoms with E-state index in [2.05, 4.69) is 0 Å². The third kappa shape index (κ3) is 5.98. The first-order valence-corrected chi connectivity index (χ1v) is 7.28. The lowest BCUT2D eigenvalue weighted by Gasteiger charge is -2.35. The number of carbonyl (C=O) groups excluding carboxylic acids is 1. The number of hydrogen-bond donors (Lipinski definition) is 1. The standard InChI is InChI=1S/C17H25NO3/c1-13-5-7-14(8-6-13)9-10-15(19)18(17(2,3)4)12-11-16(20)21/h5-8H,9-12H2,1-4H3,(H,20,21). The van der Waals surface area contributed by atoms with Gasteiger partial charge in [-0.15, -0.1) is 0 Å². The topological polar surface area (TPSA) is 57.6 Å². The Morgan fingerprint density at radius 3 is 2.14 bits per heavy atom. The molecule has 0 aliphatic rings. The average molecular weight is 291 g/mol. The van der Waals surface area contributed by atoms with Gasteiger partial charge in [0.05, 0.1) is 6.42 Å². The van der Waals surface area contributed by atoms with Crippen LogP contribution in [0.2, 0.25) is 0 Å². The van der Waals surface area contributed by atoms with E-state index in [1.54, 1.807) is 4.90 Å². The molecular weight excluding hydrogens is 266 g/mol. The van der Waals surface area contributed by atoms with Crippen molar-refractivity contribution in [3.8, 4) is 0 Å². The summed E-state index contributed by atoms with van der Waals surface area (Å²) in [5.74, 6) is -0.875. The summed E-state index contributed by atoms with van der Waals surface area (Å²) in [6.45, 7) is 8.07. The Labute approximate surface area is 126 Å². The van der Waals surface area contributed by atoms with Gasteiger partial charge < -0.3 is 10.0 Å². The maximum absolute atomic E-state index is 12.4. The van der Waals surface area contributed by atoms with Crippen molar-refractivity contribution in [2.24, 2.45) is 0 Å². The van der Waals surface area contributed by atoms with Crippen molar-refractivity contribution in [2.75, 3.05) is 6.54 Å². The van der Waals surface area contributed by atoms with E-state index in [0.29, 0.717) is 12.8 Å². The number of carboxylic acids is 1. The first-order valence-electron chi connectivity index (χ1n) is 7.28. The molecule has 1 aromatic rings. The van der Waals surface area contributed by atoms with Gasteiger partial charge in [-0.05, 0) is 39.7 Å². The van der Waals surface area contributed by atoms with Crippen LogP contribution in [-0.4, -0.2) is 34.0 Å². The molecule has 4 heteroatoms. The summed E-state index contributed by atoms with van der Waals surface area (Å²) in [5.41, 5.74) is 1.96. The summed E-state index contributed by atoms with van der Waals surface area (Å²) in [6, 6.07) is 8.13. The Morgan fingerprint density at radius 1 is 1.10 bits per heavy atom. The second-order valence-corrected chi connectivity index (χ2v) is 6.35. The number of aryl methyl sites for hydroxylation is 2. The first-order chi connectivity index (χ1) is 9.70. The molecule has 1 N–H and O–H groups in total. The van der Waals surface area contributed by atoms with E-state index in [9.17, 15) is 9.59 Å². The number of rotatable bonds is 6. The lowest BCUT2D eigenvalue weighted by atomic mass is 10.0. The molecular formula is C17H25NO3. The maximum Gasteiger partial charge on any atom is 0.305 e. The summed E-state index contributed by atoms with van der Waals surface area (Å²) in [5, 5.41) is 8.81. The van der Waals surface area contributed by atoms with Crippen molar-refractivity contribution in [1.82, 2.24) is 4.90 Å². The zero-order valence-corrected chi connectivity index (χ0v) is 13.3. The maximum atomic E-state index is 12.4. The van der Waals surface area contributed by atoms with Gasteiger partial charge >= 0.3 is 5.97 Å². The molecule has 0 bridgehead atoms. The molecule has 0 atom stereocenters. The number of amides is 1. The lowest BCUT2D eigenvalue weighted by molar-refractivity contribution is -0.140. The van der Waals surface area contributed by atoms with Crippen LogP contribution in [0, 0.1) is 6.92 Å². The highest BCUT2D eigenvalue weighted by atomic mass is 16.4. The molecule has 21 heavy (non-hydrogen) atoms. The Balaban J connectivity index is 2.63. The zero-order valence-electron chi connectivity index (χ0n) is 13.3. The van der Waals surface area contributed by atoms with Gasteiger partial charge in [-0.1, -0.05) is 29.8 Å². The molecule has 0 radical (unpaired) electrons. The van der Waals surface area contributed by atoms with Crippen LogP contribution < -0.4 is 0 Å². The molecule has 0 unspecified atom stereocenters. The summed E-state index contributed by atoms with van der Waals surface area (Å²) in [4.78, 5) is 24.8. The molecule has 116 valence electrons. The number of aliphatic carboxylic acids is 1.